The standard InChI is InChI=1S/C23H21N3O2S/c1-14(16-9-4-7-15-6-2-3-8-17(15)16)25-20(27)12-26-13-24-22-21(23(26)28)18-10-5-11-19(18)29-22/h2-4,6-9,13-14H,5,10-12H2,1H3,(H,25,27)/t14-/m0/s1. The molecule has 1 aliphatic rings. The zero-order valence-corrected chi connectivity index (χ0v) is 17.0. The highest BCUT2D eigenvalue weighted by atomic mass is 32.1. The number of amides is 1. The molecule has 0 bridgehead atoms. The van der Waals surface area contributed by atoms with Crippen LogP contribution in [-0.2, 0) is 24.2 Å². The van der Waals surface area contributed by atoms with E-state index < -0.39 is 0 Å². The summed E-state index contributed by atoms with van der Waals surface area (Å²) in [5.41, 5.74) is 2.09. The molecule has 2 aromatic heterocycles. The molecule has 29 heavy (non-hydrogen) atoms. The summed E-state index contributed by atoms with van der Waals surface area (Å²) in [4.78, 5) is 32.2. The molecule has 5 nitrogen and oxygen atoms in total. The van der Waals surface area contributed by atoms with Crippen LogP contribution in [0.5, 0.6) is 0 Å². The first-order valence-corrected chi connectivity index (χ1v) is 10.7. The fourth-order valence-electron chi connectivity index (χ4n) is 4.28. The lowest BCUT2D eigenvalue weighted by atomic mass is 10.00. The highest BCUT2D eigenvalue weighted by molar-refractivity contribution is 7.18. The highest BCUT2D eigenvalue weighted by Gasteiger charge is 2.22. The first kappa shape index (κ1) is 18.1. The molecule has 0 aliphatic heterocycles. The number of carbonyl (C=O) groups excluding carboxylic acids is 1. The van der Waals surface area contributed by atoms with E-state index in [4.69, 9.17) is 0 Å². The van der Waals surface area contributed by atoms with Gasteiger partial charge in [-0.05, 0) is 48.1 Å². The minimum Gasteiger partial charge on any atom is -0.348 e. The molecule has 0 unspecified atom stereocenters. The molecule has 5 rings (SSSR count). The van der Waals surface area contributed by atoms with Gasteiger partial charge in [0.1, 0.15) is 11.4 Å². The first-order valence-electron chi connectivity index (χ1n) is 9.88. The minimum atomic E-state index is -0.194. The van der Waals surface area contributed by atoms with Gasteiger partial charge in [0.2, 0.25) is 5.91 Å². The Labute approximate surface area is 172 Å². The van der Waals surface area contributed by atoms with Crippen molar-refractivity contribution in [2.75, 3.05) is 0 Å². The number of fused-ring (bicyclic) bond motifs is 4. The van der Waals surface area contributed by atoms with Gasteiger partial charge >= 0.3 is 0 Å². The minimum absolute atomic E-state index is 0.0263. The number of benzene rings is 2. The van der Waals surface area contributed by atoms with Crippen LogP contribution < -0.4 is 10.9 Å². The molecule has 0 radical (unpaired) electrons. The summed E-state index contributed by atoms with van der Waals surface area (Å²) in [7, 11) is 0. The predicted molar refractivity (Wildman–Crippen MR) is 116 cm³/mol. The van der Waals surface area contributed by atoms with Crippen LogP contribution in [-0.4, -0.2) is 15.5 Å². The normalized spacial score (nSPS) is 14.2. The van der Waals surface area contributed by atoms with Gasteiger partial charge in [-0.3, -0.25) is 14.2 Å². The van der Waals surface area contributed by atoms with E-state index in [9.17, 15) is 9.59 Å². The molecule has 146 valence electrons. The molecule has 0 spiro atoms. The maximum absolute atomic E-state index is 13.0. The molecule has 1 atom stereocenters. The Morgan fingerprint density at radius 1 is 1.21 bits per heavy atom. The summed E-state index contributed by atoms with van der Waals surface area (Å²) in [6.07, 6.45) is 4.55. The lowest BCUT2D eigenvalue weighted by Crippen LogP contribution is -2.34. The Kier molecular flexibility index (Phi) is 4.43. The van der Waals surface area contributed by atoms with Gasteiger partial charge in [-0.2, -0.15) is 0 Å². The first-order chi connectivity index (χ1) is 14.1. The average Bonchev–Trinajstić information content (AvgIpc) is 3.31. The average molecular weight is 404 g/mol. The van der Waals surface area contributed by atoms with E-state index in [2.05, 4.69) is 28.5 Å². The summed E-state index contributed by atoms with van der Waals surface area (Å²) < 4.78 is 1.43. The number of thiophene rings is 1. The molecule has 6 heteroatoms. The van der Waals surface area contributed by atoms with E-state index >= 15 is 0 Å². The maximum atomic E-state index is 13.0. The van der Waals surface area contributed by atoms with Gasteiger partial charge in [0.05, 0.1) is 17.8 Å². The van der Waals surface area contributed by atoms with Crippen molar-refractivity contribution in [3.05, 3.63) is 75.1 Å². The van der Waals surface area contributed by atoms with E-state index in [1.165, 1.54) is 15.8 Å². The van der Waals surface area contributed by atoms with Crippen LogP contribution in [0.15, 0.2) is 53.6 Å². The number of hydrogen-bond acceptors (Lipinski definition) is 4. The molecule has 2 heterocycles. The van der Waals surface area contributed by atoms with E-state index in [-0.39, 0.29) is 24.1 Å². The van der Waals surface area contributed by atoms with E-state index in [0.717, 1.165) is 46.0 Å². The van der Waals surface area contributed by atoms with Gasteiger partial charge in [-0.1, -0.05) is 42.5 Å². The molecule has 0 saturated heterocycles. The summed E-state index contributed by atoms with van der Waals surface area (Å²) in [6.45, 7) is 1.94. The van der Waals surface area contributed by atoms with Crippen molar-refractivity contribution in [1.82, 2.24) is 14.9 Å². The van der Waals surface area contributed by atoms with Gasteiger partial charge in [0.25, 0.3) is 5.56 Å². The SMILES string of the molecule is C[C@H](NC(=O)Cn1cnc2sc3c(c2c1=O)CCC3)c1cccc2ccccc12. The summed E-state index contributed by atoms with van der Waals surface area (Å²) in [5, 5.41) is 6.01. The molecule has 1 aliphatic carbocycles. The van der Waals surface area contributed by atoms with Crippen LogP contribution in [0.2, 0.25) is 0 Å². The van der Waals surface area contributed by atoms with Crippen LogP contribution in [0.4, 0.5) is 0 Å². The number of nitrogens with one attached hydrogen (secondary N) is 1. The fraction of sp³-hybridized carbons (Fsp3) is 0.261. The molecule has 0 saturated carbocycles. The van der Waals surface area contributed by atoms with Gasteiger partial charge in [0, 0.05) is 4.88 Å². The Balaban J connectivity index is 1.39. The van der Waals surface area contributed by atoms with Crippen LogP contribution in [0, 0.1) is 0 Å². The Morgan fingerprint density at radius 3 is 2.93 bits per heavy atom. The Morgan fingerprint density at radius 2 is 2.03 bits per heavy atom. The lowest BCUT2D eigenvalue weighted by Gasteiger charge is -2.17. The van der Waals surface area contributed by atoms with Crippen molar-refractivity contribution >= 4 is 38.2 Å². The van der Waals surface area contributed by atoms with Gasteiger partial charge in [0.15, 0.2) is 0 Å². The smallest absolute Gasteiger partial charge is 0.262 e. The van der Waals surface area contributed by atoms with Crippen LogP contribution in [0.25, 0.3) is 21.0 Å². The zero-order chi connectivity index (χ0) is 20.0. The Hall–Kier alpha value is -2.99. The van der Waals surface area contributed by atoms with Crippen molar-refractivity contribution in [3.8, 4) is 0 Å². The second kappa shape index (κ2) is 7.12. The molecular formula is C23H21N3O2S. The number of hydrogen-bond donors (Lipinski definition) is 1. The second-order valence-corrected chi connectivity index (χ2v) is 8.66. The molecule has 1 amide bonds. The van der Waals surface area contributed by atoms with Crippen molar-refractivity contribution in [3.63, 3.8) is 0 Å². The molecule has 4 aromatic rings. The van der Waals surface area contributed by atoms with Crippen molar-refractivity contribution in [2.45, 2.75) is 38.8 Å². The second-order valence-electron chi connectivity index (χ2n) is 7.57. The number of rotatable bonds is 4. The lowest BCUT2D eigenvalue weighted by molar-refractivity contribution is -0.122. The third-order valence-corrected chi connectivity index (χ3v) is 6.87. The quantitative estimate of drug-likeness (QED) is 0.561. The maximum Gasteiger partial charge on any atom is 0.262 e. The topological polar surface area (TPSA) is 64.0 Å². The number of nitrogens with zero attached hydrogens (tertiary/aromatic N) is 2. The number of carbonyl (C=O) groups is 1. The van der Waals surface area contributed by atoms with Crippen molar-refractivity contribution in [2.24, 2.45) is 0 Å². The predicted octanol–water partition coefficient (Wildman–Crippen LogP) is 3.98. The number of aryl methyl sites for hydroxylation is 2. The summed E-state index contributed by atoms with van der Waals surface area (Å²) >= 11 is 1.61. The van der Waals surface area contributed by atoms with Crippen LogP contribution in [0.1, 0.15) is 35.4 Å². The van der Waals surface area contributed by atoms with Gasteiger partial charge in [-0.15, -0.1) is 11.3 Å². The Bertz CT molecular complexity index is 1300. The molecule has 2 aromatic carbocycles. The number of aromatic nitrogens is 2. The summed E-state index contributed by atoms with van der Waals surface area (Å²) in [6, 6.07) is 14.1. The fourth-order valence-corrected chi connectivity index (χ4v) is 5.50. The van der Waals surface area contributed by atoms with Crippen molar-refractivity contribution in [1.29, 1.82) is 0 Å². The van der Waals surface area contributed by atoms with E-state index in [1.54, 1.807) is 11.3 Å². The van der Waals surface area contributed by atoms with E-state index in [0.29, 0.717) is 5.39 Å². The van der Waals surface area contributed by atoms with Gasteiger partial charge < -0.3 is 5.32 Å². The zero-order valence-electron chi connectivity index (χ0n) is 16.1. The third kappa shape index (κ3) is 3.13. The molecule has 0 fully saturated rings. The van der Waals surface area contributed by atoms with Crippen LogP contribution in [0.3, 0.4) is 0 Å². The third-order valence-electron chi connectivity index (χ3n) is 5.67. The molecule has 1 N–H and O–H groups in total. The van der Waals surface area contributed by atoms with Crippen LogP contribution >= 0.6 is 11.3 Å². The van der Waals surface area contributed by atoms with Crippen molar-refractivity contribution < 1.29 is 4.79 Å². The monoisotopic (exact) mass is 403 g/mol. The largest absolute Gasteiger partial charge is 0.348 e. The van der Waals surface area contributed by atoms with E-state index in [1.807, 2.05) is 31.2 Å². The highest BCUT2D eigenvalue weighted by Crippen LogP contribution is 2.34. The molecular weight excluding hydrogens is 382 g/mol. The summed E-state index contributed by atoms with van der Waals surface area (Å²) in [5.74, 6) is -0.194. The van der Waals surface area contributed by atoms with Gasteiger partial charge in [-0.25, -0.2) is 4.98 Å².